The summed E-state index contributed by atoms with van der Waals surface area (Å²) in [5.41, 5.74) is 2.39. The monoisotopic (exact) mass is 418 g/mol. The molecule has 7 heteroatoms. The van der Waals surface area contributed by atoms with Gasteiger partial charge in [-0.15, -0.1) is 0 Å². The number of hydrogen-bond acceptors (Lipinski definition) is 4. The van der Waals surface area contributed by atoms with E-state index in [1.165, 1.54) is 17.7 Å². The predicted molar refractivity (Wildman–Crippen MR) is 114 cm³/mol. The summed E-state index contributed by atoms with van der Waals surface area (Å²) < 4.78 is 28.0. The van der Waals surface area contributed by atoms with E-state index in [2.05, 4.69) is 16.1 Å². The van der Waals surface area contributed by atoms with Crippen LogP contribution in [0.2, 0.25) is 0 Å². The van der Waals surface area contributed by atoms with Crippen molar-refractivity contribution in [3.63, 3.8) is 0 Å². The summed E-state index contributed by atoms with van der Waals surface area (Å²) in [5, 5.41) is 3.08. The zero-order valence-electron chi connectivity index (χ0n) is 15.9. The summed E-state index contributed by atoms with van der Waals surface area (Å²) in [6.45, 7) is 0. The van der Waals surface area contributed by atoms with Crippen LogP contribution in [0.5, 0.6) is 0 Å². The first-order valence-electron chi connectivity index (χ1n) is 9.46. The number of sulfonamides is 1. The predicted octanol–water partition coefficient (Wildman–Crippen LogP) is 3.28. The summed E-state index contributed by atoms with van der Waals surface area (Å²) in [5.74, 6) is 0.423. The number of hydrogen-bond donors (Lipinski definition) is 2. The molecule has 0 radical (unpaired) electrons. The Balaban J connectivity index is 1.76. The van der Waals surface area contributed by atoms with Crippen molar-refractivity contribution < 1.29 is 13.2 Å². The minimum absolute atomic E-state index is 0.0736. The third-order valence-electron chi connectivity index (χ3n) is 4.96. The summed E-state index contributed by atoms with van der Waals surface area (Å²) in [7, 11) is -3.76. The van der Waals surface area contributed by atoms with Gasteiger partial charge in [-0.3, -0.25) is 4.79 Å². The van der Waals surface area contributed by atoms with Crippen LogP contribution in [0.15, 0.2) is 59.5 Å². The van der Waals surface area contributed by atoms with Crippen molar-refractivity contribution in [1.29, 1.82) is 0 Å². The van der Waals surface area contributed by atoms with Crippen LogP contribution in [0.1, 0.15) is 36.4 Å². The van der Waals surface area contributed by atoms with Gasteiger partial charge in [-0.05, 0) is 61.0 Å². The Labute approximate surface area is 171 Å². The van der Waals surface area contributed by atoms with Gasteiger partial charge in [0.05, 0.1) is 10.9 Å². The molecule has 1 aliphatic carbocycles. The number of amides is 1. The summed E-state index contributed by atoms with van der Waals surface area (Å²) in [6.07, 6.45) is 5.27. The maximum atomic E-state index is 13.0. The van der Waals surface area contributed by atoms with Crippen LogP contribution in [0, 0.1) is 0 Å². The minimum atomic E-state index is -3.76. The number of carbonyl (C=O) groups excluding carboxylic acids is 1. The highest BCUT2D eigenvalue weighted by Gasteiger charge is 2.28. The Morgan fingerprint density at radius 3 is 2.61 bits per heavy atom. The zero-order valence-corrected chi connectivity index (χ0v) is 17.6. The molecule has 5 nitrogen and oxygen atoms in total. The number of carbonyl (C=O) groups is 1. The van der Waals surface area contributed by atoms with Gasteiger partial charge in [0.25, 0.3) is 0 Å². The molecule has 2 N–H and O–H groups in total. The molecule has 3 rings (SSSR count). The minimum Gasteiger partial charge on any atom is -0.348 e. The number of benzene rings is 2. The van der Waals surface area contributed by atoms with E-state index < -0.39 is 16.1 Å². The zero-order chi connectivity index (χ0) is 20.0. The molecule has 1 aliphatic rings. The Bertz CT molecular complexity index is 901. The molecule has 0 aliphatic heterocycles. The number of rotatable bonds is 8. The van der Waals surface area contributed by atoms with E-state index in [0.29, 0.717) is 12.2 Å². The number of aryl methyl sites for hydroxylation is 1. The second-order valence-electron chi connectivity index (χ2n) is 6.92. The van der Waals surface area contributed by atoms with E-state index in [1.54, 1.807) is 30.0 Å². The average Bonchev–Trinajstić information content (AvgIpc) is 2.72. The van der Waals surface area contributed by atoms with Crippen molar-refractivity contribution in [2.45, 2.75) is 42.7 Å². The smallest absolute Gasteiger partial charge is 0.241 e. The average molecular weight is 419 g/mol. The van der Waals surface area contributed by atoms with Crippen molar-refractivity contribution in [1.82, 2.24) is 10.0 Å². The van der Waals surface area contributed by atoms with Gasteiger partial charge in [-0.25, -0.2) is 8.42 Å². The topological polar surface area (TPSA) is 75.3 Å². The van der Waals surface area contributed by atoms with Gasteiger partial charge in [0.15, 0.2) is 0 Å². The van der Waals surface area contributed by atoms with Crippen molar-refractivity contribution >= 4 is 27.7 Å². The van der Waals surface area contributed by atoms with Crippen molar-refractivity contribution in [3.8, 4) is 0 Å². The van der Waals surface area contributed by atoms with E-state index >= 15 is 0 Å². The molecule has 0 bridgehead atoms. The van der Waals surface area contributed by atoms with Gasteiger partial charge in [-0.1, -0.05) is 42.5 Å². The van der Waals surface area contributed by atoms with Crippen LogP contribution in [-0.2, 0) is 21.2 Å². The molecule has 0 spiro atoms. The van der Waals surface area contributed by atoms with Crippen LogP contribution in [-0.4, -0.2) is 32.4 Å². The fraction of sp³-hybridized carbons (Fsp3) is 0.381. The summed E-state index contributed by atoms with van der Waals surface area (Å²) >= 11 is 1.59. The second-order valence-corrected chi connectivity index (χ2v) is 9.62. The first kappa shape index (κ1) is 20.9. The molecule has 0 heterocycles. The van der Waals surface area contributed by atoms with E-state index in [4.69, 9.17) is 0 Å². The Morgan fingerprint density at radius 1 is 1.14 bits per heavy atom. The number of thioether (sulfide) groups is 1. The molecule has 150 valence electrons. The van der Waals surface area contributed by atoms with Gasteiger partial charge < -0.3 is 5.32 Å². The molecule has 0 saturated heterocycles. The van der Waals surface area contributed by atoms with Crippen LogP contribution in [0.4, 0.5) is 0 Å². The maximum absolute atomic E-state index is 13.0. The van der Waals surface area contributed by atoms with Crippen molar-refractivity contribution in [3.05, 3.63) is 65.7 Å². The highest BCUT2D eigenvalue weighted by Crippen LogP contribution is 2.29. The van der Waals surface area contributed by atoms with Gasteiger partial charge in [0, 0.05) is 0 Å². The first-order valence-corrected chi connectivity index (χ1v) is 12.3. The second kappa shape index (κ2) is 9.58. The van der Waals surface area contributed by atoms with E-state index in [9.17, 15) is 13.2 Å². The summed E-state index contributed by atoms with van der Waals surface area (Å²) in [4.78, 5) is 13.2. The molecular weight excluding hydrogens is 392 g/mol. The van der Waals surface area contributed by atoms with E-state index in [-0.39, 0.29) is 16.8 Å². The number of fused-ring (bicyclic) bond motifs is 1. The van der Waals surface area contributed by atoms with Crippen LogP contribution in [0.3, 0.4) is 0 Å². The van der Waals surface area contributed by atoms with Gasteiger partial charge in [-0.2, -0.15) is 16.5 Å². The molecule has 2 atom stereocenters. The van der Waals surface area contributed by atoms with Gasteiger partial charge in [0.1, 0.15) is 6.04 Å². The third kappa shape index (κ3) is 5.16. The van der Waals surface area contributed by atoms with E-state index in [0.717, 1.165) is 24.8 Å². The Kier molecular flexibility index (Phi) is 7.15. The van der Waals surface area contributed by atoms with Gasteiger partial charge in [0.2, 0.25) is 15.9 Å². The molecule has 0 aromatic heterocycles. The van der Waals surface area contributed by atoms with Crippen LogP contribution in [0.25, 0.3) is 0 Å². The first-order chi connectivity index (χ1) is 13.5. The third-order valence-corrected chi connectivity index (χ3v) is 7.10. The molecule has 0 saturated carbocycles. The molecule has 2 aromatic rings. The molecule has 0 fully saturated rings. The van der Waals surface area contributed by atoms with Crippen molar-refractivity contribution in [2.24, 2.45) is 0 Å². The quantitative estimate of drug-likeness (QED) is 0.690. The maximum Gasteiger partial charge on any atom is 0.241 e. The highest BCUT2D eigenvalue weighted by molar-refractivity contribution is 7.98. The highest BCUT2D eigenvalue weighted by atomic mass is 32.2. The Hall–Kier alpha value is -1.83. The SMILES string of the molecule is CSCC[C@@H](NS(=O)(=O)c1ccccc1)C(=O)N[C@@H]1CCCc2ccccc21. The Morgan fingerprint density at radius 2 is 1.86 bits per heavy atom. The molecule has 0 unspecified atom stereocenters. The largest absolute Gasteiger partial charge is 0.348 e. The molecular formula is C21H26N2O3S2. The lowest BCUT2D eigenvalue weighted by atomic mass is 9.87. The molecule has 28 heavy (non-hydrogen) atoms. The number of nitrogens with one attached hydrogen (secondary N) is 2. The lowest BCUT2D eigenvalue weighted by Gasteiger charge is -2.28. The lowest BCUT2D eigenvalue weighted by Crippen LogP contribution is -2.48. The van der Waals surface area contributed by atoms with Crippen molar-refractivity contribution in [2.75, 3.05) is 12.0 Å². The molecule has 1 amide bonds. The summed E-state index contributed by atoms with van der Waals surface area (Å²) in [6, 6.07) is 15.4. The fourth-order valence-electron chi connectivity index (χ4n) is 3.51. The van der Waals surface area contributed by atoms with Crippen LogP contribution < -0.4 is 10.0 Å². The lowest BCUT2D eigenvalue weighted by molar-refractivity contribution is -0.123. The van der Waals surface area contributed by atoms with Gasteiger partial charge >= 0.3 is 0 Å². The van der Waals surface area contributed by atoms with Crippen LogP contribution >= 0.6 is 11.8 Å². The standard InChI is InChI=1S/C21H26N2O3S2/c1-27-15-14-20(23-28(25,26)17-10-3-2-4-11-17)21(24)22-19-13-7-9-16-8-5-6-12-18(16)19/h2-6,8,10-12,19-20,23H,7,9,13-15H2,1H3,(H,22,24)/t19-,20-/m1/s1. The fourth-order valence-corrected chi connectivity index (χ4v) is 5.23. The molecule has 2 aromatic carbocycles. The normalized spacial score (nSPS) is 17.5. The van der Waals surface area contributed by atoms with E-state index in [1.807, 2.05) is 24.5 Å².